The van der Waals surface area contributed by atoms with Crippen LogP contribution in [-0.2, 0) is 10.0 Å². The fourth-order valence-electron chi connectivity index (χ4n) is 4.02. The van der Waals surface area contributed by atoms with Crippen LogP contribution in [0.25, 0.3) is 11.3 Å². The Labute approximate surface area is 187 Å². The van der Waals surface area contributed by atoms with Gasteiger partial charge in [-0.1, -0.05) is 0 Å². The average molecular weight is 460 g/mol. The first kappa shape index (κ1) is 22.2. The number of sulfonamides is 1. The Morgan fingerprint density at radius 1 is 1.12 bits per heavy atom. The van der Waals surface area contributed by atoms with E-state index in [1.54, 1.807) is 24.3 Å². The normalized spacial score (nSPS) is 19.1. The van der Waals surface area contributed by atoms with Crippen molar-refractivity contribution < 1.29 is 22.0 Å². The highest BCUT2D eigenvalue weighted by Gasteiger charge is 2.25. The van der Waals surface area contributed by atoms with Gasteiger partial charge in [-0.05, 0) is 62.4 Å². The zero-order valence-electron chi connectivity index (χ0n) is 18.1. The second-order valence-electron chi connectivity index (χ2n) is 7.99. The van der Waals surface area contributed by atoms with Crippen LogP contribution < -0.4 is 19.7 Å². The fraction of sp³-hybridized carbons (Fsp3) is 0.304. The van der Waals surface area contributed by atoms with Crippen LogP contribution in [0.5, 0.6) is 5.75 Å². The van der Waals surface area contributed by atoms with Crippen molar-refractivity contribution in [1.29, 1.82) is 0 Å². The van der Waals surface area contributed by atoms with E-state index in [-0.39, 0.29) is 5.69 Å². The van der Waals surface area contributed by atoms with Gasteiger partial charge in [-0.15, -0.1) is 0 Å². The molecule has 0 unspecified atom stereocenters. The molecule has 32 heavy (non-hydrogen) atoms. The molecule has 0 radical (unpaired) electrons. The quantitative estimate of drug-likeness (QED) is 0.578. The van der Waals surface area contributed by atoms with Crippen LogP contribution in [0.1, 0.15) is 13.8 Å². The van der Waals surface area contributed by atoms with Crippen molar-refractivity contribution in [3.05, 3.63) is 60.6 Å². The Bertz CT molecular complexity index is 1190. The first-order chi connectivity index (χ1) is 15.3. The number of halogens is 1. The van der Waals surface area contributed by atoms with Crippen LogP contribution in [0.15, 0.2) is 64.1 Å². The monoisotopic (exact) mass is 459 g/mol. The summed E-state index contributed by atoms with van der Waals surface area (Å²) < 4.78 is 53.9. The summed E-state index contributed by atoms with van der Waals surface area (Å²) in [6.45, 7) is 5.77. The van der Waals surface area contributed by atoms with E-state index in [4.69, 9.17) is 9.15 Å². The summed E-state index contributed by atoms with van der Waals surface area (Å²) in [5.74, 6) is -0.0675. The van der Waals surface area contributed by atoms with Gasteiger partial charge in [-0.2, -0.15) is 0 Å². The van der Waals surface area contributed by atoms with Crippen molar-refractivity contribution in [2.75, 3.05) is 29.8 Å². The van der Waals surface area contributed by atoms with Crippen molar-refractivity contribution in [3.8, 4) is 17.1 Å². The second kappa shape index (κ2) is 8.84. The van der Waals surface area contributed by atoms with Gasteiger partial charge in [0.15, 0.2) is 0 Å². The number of ether oxygens (including phenoxy) is 1. The summed E-state index contributed by atoms with van der Waals surface area (Å²) in [5, 5.41) is 3.47. The lowest BCUT2D eigenvalue weighted by atomic mass is 10.1. The highest BCUT2D eigenvalue weighted by molar-refractivity contribution is 7.92. The first-order valence-electron chi connectivity index (χ1n) is 10.3. The highest BCUT2D eigenvalue weighted by atomic mass is 32.2. The Morgan fingerprint density at radius 3 is 2.50 bits per heavy atom. The summed E-state index contributed by atoms with van der Waals surface area (Å²) in [7, 11) is -2.74. The van der Waals surface area contributed by atoms with Gasteiger partial charge in [0.2, 0.25) is 0 Å². The van der Waals surface area contributed by atoms with Gasteiger partial charge in [-0.3, -0.25) is 4.72 Å². The second-order valence-corrected chi connectivity index (χ2v) is 9.64. The van der Waals surface area contributed by atoms with Crippen molar-refractivity contribution >= 4 is 21.4 Å². The van der Waals surface area contributed by atoms with Crippen molar-refractivity contribution in [3.63, 3.8) is 0 Å². The van der Waals surface area contributed by atoms with Crippen LogP contribution in [0.2, 0.25) is 0 Å². The number of nitrogens with zero attached hydrogens (tertiary/aromatic N) is 1. The maximum atomic E-state index is 14.8. The molecule has 2 atom stereocenters. The van der Waals surface area contributed by atoms with Gasteiger partial charge in [-0.25, -0.2) is 12.8 Å². The number of benzene rings is 2. The molecule has 0 saturated carbocycles. The molecule has 1 aromatic heterocycles. The number of nitrogens with one attached hydrogen (secondary N) is 2. The smallest absolute Gasteiger partial charge is 0.264 e. The fourth-order valence-corrected chi connectivity index (χ4v) is 5.15. The number of furan rings is 1. The number of anilines is 2. The topological polar surface area (TPSA) is 83.8 Å². The van der Waals surface area contributed by atoms with Gasteiger partial charge in [0, 0.05) is 36.4 Å². The average Bonchev–Trinajstić information content (AvgIpc) is 3.27. The molecule has 170 valence electrons. The van der Waals surface area contributed by atoms with Gasteiger partial charge in [0.25, 0.3) is 10.0 Å². The Balaban J connectivity index is 1.64. The lowest BCUT2D eigenvalue weighted by Crippen LogP contribution is -2.54. The molecule has 0 amide bonds. The van der Waals surface area contributed by atoms with E-state index in [0.29, 0.717) is 29.2 Å². The van der Waals surface area contributed by atoms with Crippen LogP contribution in [0.4, 0.5) is 15.8 Å². The van der Waals surface area contributed by atoms with E-state index in [0.717, 1.165) is 24.8 Å². The van der Waals surface area contributed by atoms with Gasteiger partial charge < -0.3 is 19.4 Å². The summed E-state index contributed by atoms with van der Waals surface area (Å²) in [6, 6.07) is 13.1. The summed E-state index contributed by atoms with van der Waals surface area (Å²) in [5.41, 5.74) is 1.56. The number of hydrogen-bond acceptors (Lipinski definition) is 6. The highest BCUT2D eigenvalue weighted by Crippen LogP contribution is 2.33. The minimum absolute atomic E-state index is 0.248. The molecule has 9 heteroatoms. The SMILES string of the molecule is COc1ccc(N2C[C@@H](C)N[C@@H](C)C2)cc1NS(=O)(=O)c1ccc(-c2ccco2)cc1F. The standard InChI is InChI=1S/C23H26FN3O4S/c1-15-13-27(14-16(2)25-15)18-7-8-22(30-3)20(12-18)26-32(28,29)23-9-6-17(11-19(23)24)21-5-4-10-31-21/h4-12,15-16,25-26H,13-14H2,1-3H3/t15-,16+. The molecule has 1 aliphatic heterocycles. The Morgan fingerprint density at radius 2 is 1.88 bits per heavy atom. The molecule has 4 rings (SSSR count). The van der Waals surface area contributed by atoms with E-state index < -0.39 is 20.7 Å². The third kappa shape index (κ3) is 4.58. The molecule has 7 nitrogen and oxygen atoms in total. The molecule has 0 spiro atoms. The molecular weight excluding hydrogens is 433 g/mol. The molecule has 2 N–H and O–H groups in total. The minimum atomic E-state index is -4.20. The molecule has 1 aliphatic rings. The number of methoxy groups -OCH3 is 1. The first-order valence-corrected chi connectivity index (χ1v) is 11.8. The van der Waals surface area contributed by atoms with Crippen LogP contribution in [0.3, 0.4) is 0 Å². The van der Waals surface area contributed by atoms with Gasteiger partial charge in [0.05, 0.1) is 19.1 Å². The zero-order chi connectivity index (χ0) is 22.9. The number of piperazine rings is 1. The van der Waals surface area contributed by atoms with E-state index in [9.17, 15) is 12.8 Å². The number of rotatable bonds is 6. The van der Waals surface area contributed by atoms with E-state index in [1.807, 2.05) is 6.07 Å². The van der Waals surface area contributed by atoms with Gasteiger partial charge >= 0.3 is 0 Å². The maximum absolute atomic E-state index is 14.8. The molecule has 0 bridgehead atoms. The van der Waals surface area contributed by atoms with Crippen molar-refractivity contribution in [1.82, 2.24) is 5.32 Å². The van der Waals surface area contributed by atoms with Crippen LogP contribution in [0, 0.1) is 5.82 Å². The zero-order valence-corrected chi connectivity index (χ0v) is 18.9. The molecule has 1 fully saturated rings. The van der Waals surface area contributed by atoms with Gasteiger partial charge in [0.1, 0.15) is 22.2 Å². The third-order valence-electron chi connectivity index (χ3n) is 5.38. The maximum Gasteiger partial charge on any atom is 0.264 e. The molecule has 3 aromatic rings. The molecule has 2 aromatic carbocycles. The molecule has 0 aliphatic carbocycles. The van der Waals surface area contributed by atoms with Crippen molar-refractivity contribution in [2.45, 2.75) is 30.8 Å². The largest absolute Gasteiger partial charge is 0.495 e. The molecule has 2 heterocycles. The predicted octanol–water partition coefficient (Wildman–Crippen LogP) is 4.08. The van der Waals surface area contributed by atoms with Crippen LogP contribution >= 0.6 is 0 Å². The number of hydrogen-bond donors (Lipinski definition) is 2. The van der Waals surface area contributed by atoms with Crippen LogP contribution in [-0.4, -0.2) is 40.7 Å². The Hall–Kier alpha value is -3.04. The minimum Gasteiger partial charge on any atom is -0.495 e. The summed E-state index contributed by atoms with van der Waals surface area (Å²) >= 11 is 0. The summed E-state index contributed by atoms with van der Waals surface area (Å²) in [4.78, 5) is 1.73. The lowest BCUT2D eigenvalue weighted by molar-refractivity contribution is 0.406. The van der Waals surface area contributed by atoms with E-state index in [2.05, 4.69) is 28.8 Å². The van der Waals surface area contributed by atoms with Crippen molar-refractivity contribution in [2.24, 2.45) is 0 Å². The molecular formula is C23H26FN3O4S. The summed E-state index contributed by atoms with van der Waals surface area (Å²) in [6.07, 6.45) is 1.47. The lowest BCUT2D eigenvalue weighted by Gasteiger charge is -2.38. The van der Waals surface area contributed by atoms with E-state index >= 15 is 0 Å². The predicted molar refractivity (Wildman–Crippen MR) is 122 cm³/mol. The molecule has 1 saturated heterocycles. The Kier molecular flexibility index (Phi) is 6.12. The third-order valence-corrected chi connectivity index (χ3v) is 6.78. The van der Waals surface area contributed by atoms with E-state index in [1.165, 1.54) is 25.5 Å².